The smallest absolute Gasteiger partial charge is 0.247 e. The molecule has 3 rings (SSSR count). The van der Waals surface area contributed by atoms with Crippen molar-refractivity contribution in [2.24, 2.45) is 0 Å². The number of rotatable bonds is 7. The zero-order valence-corrected chi connectivity index (χ0v) is 19.1. The Morgan fingerprint density at radius 3 is 2.13 bits per heavy atom. The number of nitrogens with zero attached hydrogens (tertiary/aromatic N) is 1. The Labute approximate surface area is 191 Å². The van der Waals surface area contributed by atoms with Crippen LogP contribution in [0.1, 0.15) is 6.92 Å². The number of carbonyl (C=O) groups is 1. The van der Waals surface area contributed by atoms with Crippen LogP contribution in [0.25, 0.3) is 0 Å². The number of amides is 1. The predicted molar refractivity (Wildman–Crippen MR) is 125 cm³/mol. The molecule has 0 saturated heterocycles. The molecule has 1 atom stereocenters. The van der Waals surface area contributed by atoms with Crippen molar-refractivity contribution in [2.75, 3.05) is 15.9 Å². The van der Waals surface area contributed by atoms with Gasteiger partial charge in [-0.25, -0.2) is 8.42 Å². The average molecular weight is 479 g/mol. The van der Waals surface area contributed by atoms with Gasteiger partial charge in [0.25, 0.3) is 0 Å². The number of anilines is 2. The van der Waals surface area contributed by atoms with E-state index in [1.807, 2.05) is 30.3 Å². The van der Waals surface area contributed by atoms with Crippen molar-refractivity contribution in [2.45, 2.75) is 13.0 Å². The average Bonchev–Trinajstić information content (AvgIpc) is 2.72. The van der Waals surface area contributed by atoms with Gasteiger partial charge in [0, 0.05) is 5.69 Å². The Hall–Kier alpha value is -2.74. The minimum Gasteiger partial charge on any atom is -0.457 e. The van der Waals surface area contributed by atoms with Crippen LogP contribution in [-0.4, -0.2) is 26.6 Å². The van der Waals surface area contributed by atoms with Gasteiger partial charge in [0.1, 0.15) is 17.5 Å². The van der Waals surface area contributed by atoms with Gasteiger partial charge < -0.3 is 10.1 Å². The molecule has 0 aliphatic heterocycles. The van der Waals surface area contributed by atoms with Gasteiger partial charge in [0.2, 0.25) is 15.9 Å². The summed E-state index contributed by atoms with van der Waals surface area (Å²) >= 11 is 11.9. The molecule has 0 aromatic heterocycles. The molecule has 6 nitrogen and oxygen atoms in total. The second-order valence-corrected chi connectivity index (χ2v) is 9.44. The van der Waals surface area contributed by atoms with Crippen LogP contribution < -0.4 is 14.4 Å². The van der Waals surface area contributed by atoms with Crippen LogP contribution in [0.3, 0.4) is 0 Å². The number of hydrogen-bond acceptors (Lipinski definition) is 4. The van der Waals surface area contributed by atoms with Crippen molar-refractivity contribution in [3.8, 4) is 11.5 Å². The quantitative estimate of drug-likeness (QED) is 0.480. The Morgan fingerprint density at radius 2 is 1.55 bits per heavy atom. The van der Waals surface area contributed by atoms with Crippen molar-refractivity contribution in [3.05, 3.63) is 82.8 Å². The Kier molecular flexibility index (Phi) is 7.10. The van der Waals surface area contributed by atoms with Gasteiger partial charge in [0.15, 0.2) is 0 Å². The minimum absolute atomic E-state index is 0.279. The normalized spacial score (nSPS) is 12.1. The van der Waals surface area contributed by atoms with E-state index in [0.717, 1.165) is 10.6 Å². The van der Waals surface area contributed by atoms with E-state index in [2.05, 4.69) is 5.32 Å². The summed E-state index contributed by atoms with van der Waals surface area (Å²) < 4.78 is 31.7. The zero-order valence-electron chi connectivity index (χ0n) is 16.7. The molecule has 0 fully saturated rings. The van der Waals surface area contributed by atoms with Gasteiger partial charge in [-0.05, 0) is 61.5 Å². The molecule has 162 valence electrons. The second-order valence-electron chi connectivity index (χ2n) is 6.76. The molecule has 0 bridgehead atoms. The number of benzene rings is 3. The van der Waals surface area contributed by atoms with Gasteiger partial charge in [0.05, 0.1) is 22.0 Å². The topological polar surface area (TPSA) is 75.7 Å². The Balaban J connectivity index is 1.80. The number of halogens is 2. The maximum atomic E-state index is 12.8. The summed E-state index contributed by atoms with van der Waals surface area (Å²) in [5.74, 6) is 0.675. The Morgan fingerprint density at radius 1 is 0.935 bits per heavy atom. The first-order chi connectivity index (χ1) is 14.6. The predicted octanol–water partition coefficient (Wildman–Crippen LogP) is 5.58. The molecule has 0 radical (unpaired) electrons. The number of sulfonamides is 1. The van der Waals surface area contributed by atoms with Crippen LogP contribution in [0, 0.1) is 0 Å². The minimum atomic E-state index is -3.76. The van der Waals surface area contributed by atoms with E-state index in [0.29, 0.717) is 27.9 Å². The number of nitrogens with one attached hydrogen (secondary N) is 1. The molecule has 1 N–H and O–H groups in total. The number of hydrogen-bond donors (Lipinski definition) is 1. The zero-order chi connectivity index (χ0) is 22.6. The lowest BCUT2D eigenvalue weighted by Gasteiger charge is -2.28. The van der Waals surface area contributed by atoms with Crippen molar-refractivity contribution >= 4 is 50.5 Å². The fourth-order valence-electron chi connectivity index (χ4n) is 2.92. The van der Waals surface area contributed by atoms with Crippen LogP contribution >= 0.6 is 23.2 Å². The molecule has 1 unspecified atom stereocenters. The maximum absolute atomic E-state index is 12.8. The summed E-state index contributed by atoms with van der Waals surface area (Å²) in [7, 11) is -3.76. The number of carbonyl (C=O) groups excluding carboxylic acids is 1. The lowest BCUT2D eigenvalue weighted by Crippen LogP contribution is -2.45. The molecule has 3 aromatic carbocycles. The largest absolute Gasteiger partial charge is 0.457 e. The first-order valence-corrected chi connectivity index (χ1v) is 11.8. The van der Waals surface area contributed by atoms with Crippen LogP contribution in [0.5, 0.6) is 11.5 Å². The highest BCUT2D eigenvalue weighted by Crippen LogP contribution is 2.28. The molecule has 1 amide bonds. The highest BCUT2D eigenvalue weighted by atomic mass is 35.5. The van der Waals surface area contributed by atoms with Crippen molar-refractivity contribution in [1.29, 1.82) is 0 Å². The molecule has 0 aliphatic carbocycles. The summed E-state index contributed by atoms with van der Waals surface area (Å²) in [6.45, 7) is 1.50. The molecule has 0 saturated carbocycles. The van der Waals surface area contributed by atoms with Gasteiger partial charge in [-0.1, -0.05) is 41.4 Å². The van der Waals surface area contributed by atoms with E-state index >= 15 is 0 Å². The first-order valence-electron chi connectivity index (χ1n) is 9.23. The van der Waals surface area contributed by atoms with E-state index in [1.54, 1.807) is 36.4 Å². The first kappa shape index (κ1) is 22.9. The number of para-hydroxylation sites is 1. The SMILES string of the molecule is CC(C(=O)Nc1ccc(Cl)c(Cl)c1)N(c1ccc(Oc2ccccc2)cc1)S(C)(=O)=O. The summed E-state index contributed by atoms with van der Waals surface area (Å²) in [4.78, 5) is 12.8. The van der Waals surface area contributed by atoms with Crippen LogP contribution in [-0.2, 0) is 14.8 Å². The molecule has 3 aromatic rings. The highest BCUT2D eigenvalue weighted by molar-refractivity contribution is 7.92. The fraction of sp³-hybridized carbons (Fsp3) is 0.136. The summed E-state index contributed by atoms with van der Waals surface area (Å²) in [5.41, 5.74) is 0.742. The fourth-order valence-corrected chi connectivity index (χ4v) is 4.39. The van der Waals surface area contributed by atoms with E-state index in [1.165, 1.54) is 13.0 Å². The van der Waals surface area contributed by atoms with Crippen molar-refractivity contribution in [3.63, 3.8) is 0 Å². The van der Waals surface area contributed by atoms with E-state index in [4.69, 9.17) is 27.9 Å². The molecular formula is C22H20Cl2N2O4S. The summed E-state index contributed by atoms with van der Waals surface area (Å²) in [6, 6.07) is 19.3. The third kappa shape index (κ3) is 5.91. The molecule has 0 spiro atoms. The summed E-state index contributed by atoms with van der Waals surface area (Å²) in [6.07, 6.45) is 1.05. The highest BCUT2D eigenvalue weighted by Gasteiger charge is 2.29. The number of ether oxygens (including phenoxy) is 1. The summed E-state index contributed by atoms with van der Waals surface area (Å²) in [5, 5.41) is 3.29. The van der Waals surface area contributed by atoms with Crippen molar-refractivity contribution < 1.29 is 17.9 Å². The molecular weight excluding hydrogens is 459 g/mol. The van der Waals surface area contributed by atoms with Gasteiger partial charge in [-0.2, -0.15) is 0 Å². The molecule has 9 heteroatoms. The van der Waals surface area contributed by atoms with Gasteiger partial charge in [-0.15, -0.1) is 0 Å². The monoisotopic (exact) mass is 478 g/mol. The Bertz CT molecular complexity index is 1170. The van der Waals surface area contributed by atoms with E-state index in [9.17, 15) is 13.2 Å². The second kappa shape index (κ2) is 9.60. The van der Waals surface area contributed by atoms with Crippen LogP contribution in [0.4, 0.5) is 11.4 Å². The lowest BCUT2D eigenvalue weighted by atomic mass is 10.2. The van der Waals surface area contributed by atoms with Gasteiger partial charge in [-0.3, -0.25) is 9.10 Å². The standard InChI is InChI=1S/C22H20Cl2N2O4S/c1-15(22(27)25-16-8-13-20(23)21(24)14-16)26(31(2,28)29)17-9-11-19(12-10-17)30-18-6-4-3-5-7-18/h3-15H,1-2H3,(H,25,27). The third-order valence-electron chi connectivity index (χ3n) is 4.35. The van der Waals surface area contributed by atoms with Gasteiger partial charge >= 0.3 is 0 Å². The lowest BCUT2D eigenvalue weighted by molar-refractivity contribution is -0.116. The van der Waals surface area contributed by atoms with E-state index in [-0.39, 0.29) is 5.02 Å². The molecule has 0 heterocycles. The molecule has 0 aliphatic rings. The van der Waals surface area contributed by atoms with Crippen LogP contribution in [0.2, 0.25) is 10.0 Å². The molecule has 31 heavy (non-hydrogen) atoms. The third-order valence-corrected chi connectivity index (χ3v) is 6.33. The maximum Gasteiger partial charge on any atom is 0.247 e. The van der Waals surface area contributed by atoms with Crippen LogP contribution in [0.15, 0.2) is 72.8 Å². The van der Waals surface area contributed by atoms with Crippen molar-refractivity contribution in [1.82, 2.24) is 0 Å². The van der Waals surface area contributed by atoms with E-state index < -0.39 is 22.0 Å².